The standard InChI is InChI=1S/C15H17N3O4/c19-13(18-4-5-22-11(9-18)7-14(20)21)6-10-8-17-15-12(10)2-1-3-16-15/h1-3,8,11H,4-7,9H2,(H,16,17)(H,20,21). The molecule has 1 unspecified atom stereocenters. The number of aromatic nitrogens is 2. The van der Waals surface area contributed by atoms with Crippen molar-refractivity contribution in [3.63, 3.8) is 0 Å². The average Bonchev–Trinajstić information content (AvgIpc) is 2.90. The molecule has 1 amide bonds. The number of carboxylic acid groups (broad SMARTS) is 1. The number of ether oxygens (including phenoxy) is 1. The molecule has 0 saturated carbocycles. The maximum Gasteiger partial charge on any atom is 0.306 e. The van der Waals surface area contributed by atoms with E-state index in [4.69, 9.17) is 9.84 Å². The lowest BCUT2D eigenvalue weighted by molar-refractivity contribution is -0.147. The van der Waals surface area contributed by atoms with Gasteiger partial charge in [0.05, 0.1) is 25.6 Å². The fourth-order valence-corrected chi connectivity index (χ4v) is 2.70. The summed E-state index contributed by atoms with van der Waals surface area (Å²) in [5, 5.41) is 9.76. The van der Waals surface area contributed by atoms with Gasteiger partial charge in [0.25, 0.3) is 0 Å². The number of aromatic amines is 1. The maximum atomic E-state index is 12.4. The highest BCUT2D eigenvalue weighted by atomic mass is 16.5. The molecular formula is C15H17N3O4. The number of carbonyl (C=O) groups excluding carboxylic acids is 1. The van der Waals surface area contributed by atoms with Crippen LogP contribution in [-0.2, 0) is 20.7 Å². The van der Waals surface area contributed by atoms with Gasteiger partial charge in [0.15, 0.2) is 0 Å². The van der Waals surface area contributed by atoms with E-state index in [0.29, 0.717) is 19.7 Å². The van der Waals surface area contributed by atoms with Gasteiger partial charge in [-0.25, -0.2) is 4.98 Å². The molecule has 3 heterocycles. The Balaban J connectivity index is 1.67. The number of rotatable bonds is 4. The number of morpholine rings is 1. The van der Waals surface area contributed by atoms with Crippen molar-refractivity contribution in [3.8, 4) is 0 Å². The van der Waals surface area contributed by atoms with Gasteiger partial charge in [-0.2, -0.15) is 0 Å². The van der Waals surface area contributed by atoms with Gasteiger partial charge in [0.2, 0.25) is 5.91 Å². The van der Waals surface area contributed by atoms with Crippen molar-refractivity contribution in [1.29, 1.82) is 0 Å². The molecule has 2 N–H and O–H groups in total. The van der Waals surface area contributed by atoms with E-state index in [1.807, 2.05) is 12.1 Å². The third kappa shape index (κ3) is 3.09. The molecule has 1 atom stereocenters. The molecule has 1 aliphatic rings. The van der Waals surface area contributed by atoms with Crippen LogP contribution in [0.2, 0.25) is 0 Å². The Labute approximate surface area is 126 Å². The van der Waals surface area contributed by atoms with Crippen LogP contribution in [0.5, 0.6) is 0 Å². The molecule has 1 aliphatic heterocycles. The second-order valence-corrected chi connectivity index (χ2v) is 5.32. The summed E-state index contributed by atoms with van der Waals surface area (Å²) < 4.78 is 5.38. The summed E-state index contributed by atoms with van der Waals surface area (Å²) in [6, 6.07) is 3.76. The van der Waals surface area contributed by atoms with Crippen LogP contribution >= 0.6 is 0 Å². The fraction of sp³-hybridized carbons (Fsp3) is 0.400. The summed E-state index contributed by atoms with van der Waals surface area (Å²) in [5.74, 6) is -0.939. The first-order valence-corrected chi connectivity index (χ1v) is 7.15. The average molecular weight is 303 g/mol. The van der Waals surface area contributed by atoms with Crippen LogP contribution in [0.15, 0.2) is 24.5 Å². The third-order valence-electron chi connectivity index (χ3n) is 3.77. The number of amides is 1. The molecule has 2 aromatic rings. The molecule has 116 valence electrons. The van der Waals surface area contributed by atoms with E-state index < -0.39 is 12.1 Å². The Morgan fingerprint density at radius 3 is 3.18 bits per heavy atom. The summed E-state index contributed by atoms with van der Waals surface area (Å²) in [4.78, 5) is 32.1. The molecule has 0 bridgehead atoms. The Morgan fingerprint density at radius 1 is 1.50 bits per heavy atom. The molecular weight excluding hydrogens is 286 g/mol. The largest absolute Gasteiger partial charge is 0.481 e. The first-order valence-electron chi connectivity index (χ1n) is 7.15. The number of nitrogens with zero attached hydrogens (tertiary/aromatic N) is 2. The van der Waals surface area contributed by atoms with E-state index in [9.17, 15) is 9.59 Å². The summed E-state index contributed by atoms with van der Waals surface area (Å²) in [6.45, 7) is 1.19. The predicted octanol–water partition coefficient (Wildman–Crippen LogP) is 0.807. The number of pyridine rings is 1. The molecule has 0 radical (unpaired) electrons. The van der Waals surface area contributed by atoms with Crippen LogP contribution in [0, 0.1) is 0 Å². The van der Waals surface area contributed by atoms with Crippen LogP contribution in [-0.4, -0.2) is 57.7 Å². The van der Waals surface area contributed by atoms with Crippen molar-refractivity contribution in [3.05, 3.63) is 30.1 Å². The fourth-order valence-electron chi connectivity index (χ4n) is 2.70. The van der Waals surface area contributed by atoms with Gasteiger partial charge in [-0.1, -0.05) is 0 Å². The van der Waals surface area contributed by atoms with E-state index in [1.54, 1.807) is 17.3 Å². The molecule has 22 heavy (non-hydrogen) atoms. The molecule has 3 rings (SSSR count). The summed E-state index contributed by atoms with van der Waals surface area (Å²) in [6.07, 6.45) is 3.25. The molecule has 7 heteroatoms. The van der Waals surface area contributed by atoms with Gasteiger partial charge >= 0.3 is 5.97 Å². The van der Waals surface area contributed by atoms with Crippen LogP contribution in [0.1, 0.15) is 12.0 Å². The predicted molar refractivity (Wildman–Crippen MR) is 78.4 cm³/mol. The lowest BCUT2D eigenvalue weighted by Gasteiger charge is -2.32. The molecule has 2 aromatic heterocycles. The minimum absolute atomic E-state index is 0.0246. The van der Waals surface area contributed by atoms with E-state index in [-0.39, 0.29) is 18.7 Å². The molecule has 7 nitrogen and oxygen atoms in total. The Bertz CT molecular complexity index is 697. The van der Waals surface area contributed by atoms with Crippen LogP contribution < -0.4 is 0 Å². The van der Waals surface area contributed by atoms with Crippen molar-refractivity contribution < 1.29 is 19.4 Å². The molecule has 0 aromatic carbocycles. The van der Waals surface area contributed by atoms with Crippen molar-refractivity contribution in [1.82, 2.24) is 14.9 Å². The highest BCUT2D eigenvalue weighted by Crippen LogP contribution is 2.18. The van der Waals surface area contributed by atoms with Crippen molar-refractivity contribution >= 4 is 22.9 Å². The zero-order valence-corrected chi connectivity index (χ0v) is 12.0. The molecule has 0 spiro atoms. The Morgan fingerprint density at radius 2 is 2.36 bits per heavy atom. The van der Waals surface area contributed by atoms with Crippen molar-refractivity contribution in [2.45, 2.75) is 18.9 Å². The number of carboxylic acids is 1. The highest BCUT2D eigenvalue weighted by molar-refractivity contribution is 5.87. The first-order chi connectivity index (χ1) is 10.6. The van der Waals surface area contributed by atoms with Gasteiger partial charge in [-0.15, -0.1) is 0 Å². The maximum absolute atomic E-state index is 12.4. The zero-order chi connectivity index (χ0) is 15.5. The van der Waals surface area contributed by atoms with Gasteiger partial charge < -0.3 is 19.7 Å². The summed E-state index contributed by atoms with van der Waals surface area (Å²) >= 11 is 0. The number of fused-ring (bicyclic) bond motifs is 1. The summed E-state index contributed by atoms with van der Waals surface area (Å²) in [5.41, 5.74) is 1.66. The van der Waals surface area contributed by atoms with E-state index >= 15 is 0 Å². The number of nitrogens with one attached hydrogen (secondary N) is 1. The van der Waals surface area contributed by atoms with E-state index in [1.165, 1.54) is 0 Å². The SMILES string of the molecule is O=C(O)CC1CN(C(=O)Cc2c[nH]c3ncccc23)CCO1. The van der Waals surface area contributed by atoms with Crippen LogP contribution in [0.3, 0.4) is 0 Å². The lowest BCUT2D eigenvalue weighted by atomic mass is 10.1. The van der Waals surface area contributed by atoms with Crippen LogP contribution in [0.25, 0.3) is 11.0 Å². The van der Waals surface area contributed by atoms with Crippen molar-refractivity contribution in [2.75, 3.05) is 19.7 Å². The molecule has 1 saturated heterocycles. The molecule has 1 fully saturated rings. The molecule has 0 aliphatic carbocycles. The Hall–Kier alpha value is -2.41. The number of H-pyrrole nitrogens is 1. The van der Waals surface area contributed by atoms with E-state index in [0.717, 1.165) is 16.6 Å². The highest BCUT2D eigenvalue weighted by Gasteiger charge is 2.26. The van der Waals surface area contributed by atoms with Gasteiger partial charge in [0.1, 0.15) is 5.65 Å². The second-order valence-electron chi connectivity index (χ2n) is 5.32. The first kappa shape index (κ1) is 14.5. The minimum Gasteiger partial charge on any atom is -0.481 e. The quantitative estimate of drug-likeness (QED) is 0.871. The smallest absolute Gasteiger partial charge is 0.306 e. The topological polar surface area (TPSA) is 95.5 Å². The zero-order valence-electron chi connectivity index (χ0n) is 12.0. The third-order valence-corrected chi connectivity index (χ3v) is 3.77. The van der Waals surface area contributed by atoms with Crippen molar-refractivity contribution in [2.24, 2.45) is 0 Å². The number of aliphatic carboxylic acids is 1. The van der Waals surface area contributed by atoms with Crippen LogP contribution in [0.4, 0.5) is 0 Å². The number of hydrogen-bond acceptors (Lipinski definition) is 4. The van der Waals surface area contributed by atoms with Gasteiger partial charge in [-0.3, -0.25) is 9.59 Å². The lowest BCUT2D eigenvalue weighted by Crippen LogP contribution is -2.46. The minimum atomic E-state index is -0.915. The second kappa shape index (κ2) is 6.15. The number of carbonyl (C=O) groups is 2. The summed E-state index contributed by atoms with van der Waals surface area (Å²) in [7, 11) is 0. The monoisotopic (exact) mass is 303 g/mol. The normalized spacial score (nSPS) is 18.5. The van der Waals surface area contributed by atoms with E-state index in [2.05, 4.69) is 9.97 Å². The van der Waals surface area contributed by atoms with Gasteiger partial charge in [-0.05, 0) is 17.7 Å². The Kier molecular flexibility index (Phi) is 4.06. The number of hydrogen-bond donors (Lipinski definition) is 2. The van der Waals surface area contributed by atoms with Gasteiger partial charge in [0, 0.05) is 30.9 Å².